The summed E-state index contributed by atoms with van der Waals surface area (Å²) in [4.78, 5) is 10.6. The second-order valence-corrected chi connectivity index (χ2v) is 5.48. The number of hydrogen-bond acceptors (Lipinski definition) is 5. The lowest BCUT2D eigenvalue weighted by molar-refractivity contribution is -0.384. The summed E-state index contributed by atoms with van der Waals surface area (Å²) >= 11 is 0. The van der Waals surface area contributed by atoms with Gasteiger partial charge in [-0.15, -0.1) is 0 Å². The molecule has 1 aromatic heterocycles. The largest absolute Gasteiger partial charge is 0.493 e. The first-order chi connectivity index (χ1) is 12.1. The first-order valence-electron chi connectivity index (χ1n) is 7.59. The van der Waals surface area contributed by atoms with E-state index >= 15 is 0 Å². The molecule has 7 heteroatoms. The maximum Gasteiger partial charge on any atom is 0.271 e. The van der Waals surface area contributed by atoms with Crippen LogP contribution in [0.15, 0.2) is 42.6 Å². The molecule has 7 nitrogen and oxygen atoms in total. The minimum atomic E-state index is -0.393. The molecular formula is C18H18N2O5. The molecule has 3 aromatic rings. The predicted octanol–water partition coefficient (Wildman–Crippen LogP) is 3.62. The van der Waals surface area contributed by atoms with Crippen molar-refractivity contribution in [1.29, 1.82) is 0 Å². The molecule has 0 bridgehead atoms. The fourth-order valence-corrected chi connectivity index (χ4v) is 2.85. The van der Waals surface area contributed by atoms with Gasteiger partial charge >= 0.3 is 0 Å². The van der Waals surface area contributed by atoms with Crippen LogP contribution < -0.4 is 14.2 Å². The molecule has 130 valence electrons. The third kappa shape index (κ3) is 3.08. The second kappa shape index (κ2) is 6.72. The van der Waals surface area contributed by atoms with Crippen LogP contribution in [0.4, 0.5) is 5.69 Å². The number of nitro groups is 1. The van der Waals surface area contributed by atoms with E-state index < -0.39 is 4.92 Å². The molecule has 0 aliphatic rings. The number of nitrogens with zero attached hydrogens (tertiary/aromatic N) is 2. The highest BCUT2D eigenvalue weighted by Crippen LogP contribution is 2.38. The monoisotopic (exact) mass is 342 g/mol. The van der Waals surface area contributed by atoms with E-state index in [9.17, 15) is 10.1 Å². The number of fused-ring (bicyclic) bond motifs is 1. The van der Waals surface area contributed by atoms with E-state index in [1.807, 2.05) is 29.0 Å². The average molecular weight is 342 g/mol. The summed E-state index contributed by atoms with van der Waals surface area (Å²) < 4.78 is 18.0. The summed E-state index contributed by atoms with van der Waals surface area (Å²) in [6.07, 6.45) is 1.90. The van der Waals surface area contributed by atoms with Crippen molar-refractivity contribution in [3.8, 4) is 17.2 Å². The Morgan fingerprint density at radius 1 is 1.00 bits per heavy atom. The zero-order chi connectivity index (χ0) is 18.0. The van der Waals surface area contributed by atoms with Crippen LogP contribution in [0.1, 0.15) is 5.56 Å². The van der Waals surface area contributed by atoms with Crippen molar-refractivity contribution in [1.82, 2.24) is 4.57 Å². The van der Waals surface area contributed by atoms with Crippen LogP contribution in [0, 0.1) is 10.1 Å². The molecule has 0 saturated heterocycles. The average Bonchev–Trinajstić information content (AvgIpc) is 3.02. The summed E-state index contributed by atoms with van der Waals surface area (Å²) in [6.45, 7) is 0.515. The van der Waals surface area contributed by atoms with Gasteiger partial charge in [-0.3, -0.25) is 10.1 Å². The molecule has 0 atom stereocenters. The van der Waals surface area contributed by atoms with Crippen molar-refractivity contribution < 1.29 is 19.1 Å². The highest BCUT2D eigenvalue weighted by atomic mass is 16.6. The Balaban J connectivity index is 2.04. The number of non-ortho nitro benzene ring substituents is 1. The highest BCUT2D eigenvalue weighted by Gasteiger charge is 2.14. The molecule has 0 aliphatic heterocycles. The first kappa shape index (κ1) is 16.6. The number of benzene rings is 2. The summed E-state index contributed by atoms with van der Waals surface area (Å²) in [7, 11) is 4.68. The zero-order valence-electron chi connectivity index (χ0n) is 14.2. The quantitative estimate of drug-likeness (QED) is 0.505. The van der Waals surface area contributed by atoms with E-state index in [4.69, 9.17) is 14.2 Å². The van der Waals surface area contributed by atoms with Crippen molar-refractivity contribution in [2.75, 3.05) is 21.3 Å². The Morgan fingerprint density at radius 2 is 1.68 bits per heavy atom. The van der Waals surface area contributed by atoms with Gasteiger partial charge in [0.05, 0.1) is 31.8 Å². The number of hydrogen-bond donors (Lipinski definition) is 0. The highest BCUT2D eigenvalue weighted by molar-refractivity contribution is 5.82. The molecule has 25 heavy (non-hydrogen) atoms. The maximum absolute atomic E-state index is 11.0. The minimum absolute atomic E-state index is 0.0670. The van der Waals surface area contributed by atoms with Crippen LogP contribution in [-0.2, 0) is 6.54 Å². The smallest absolute Gasteiger partial charge is 0.271 e. The van der Waals surface area contributed by atoms with E-state index in [1.54, 1.807) is 33.5 Å². The molecule has 0 saturated carbocycles. The summed E-state index contributed by atoms with van der Waals surface area (Å²) in [5.74, 6) is 1.67. The normalized spacial score (nSPS) is 10.7. The van der Waals surface area contributed by atoms with Crippen LogP contribution in [0.5, 0.6) is 17.2 Å². The van der Waals surface area contributed by atoms with Gasteiger partial charge in [-0.1, -0.05) is 0 Å². The minimum Gasteiger partial charge on any atom is -0.493 e. The van der Waals surface area contributed by atoms with Crippen molar-refractivity contribution in [2.45, 2.75) is 6.54 Å². The Bertz CT molecular complexity index is 907. The van der Waals surface area contributed by atoms with Gasteiger partial charge in [-0.25, -0.2) is 0 Å². The molecule has 0 aliphatic carbocycles. The summed E-state index contributed by atoms with van der Waals surface area (Å²) in [5, 5.41) is 12.0. The number of aromatic nitrogens is 1. The van der Waals surface area contributed by atoms with Gasteiger partial charge in [-0.2, -0.15) is 0 Å². The number of nitro benzene ring substituents is 1. The van der Waals surface area contributed by atoms with E-state index in [0.717, 1.165) is 16.5 Å². The van der Waals surface area contributed by atoms with Crippen molar-refractivity contribution in [3.05, 3.63) is 58.3 Å². The lowest BCUT2D eigenvalue weighted by Gasteiger charge is -2.14. The lowest BCUT2D eigenvalue weighted by Crippen LogP contribution is -2.01. The third-order valence-electron chi connectivity index (χ3n) is 4.05. The van der Waals surface area contributed by atoms with E-state index in [2.05, 4.69) is 0 Å². The number of rotatable bonds is 6. The van der Waals surface area contributed by atoms with Crippen molar-refractivity contribution in [3.63, 3.8) is 0 Å². The van der Waals surface area contributed by atoms with Crippen LogP contribution in [0.3, 0.4) is 0 Å². The molecule has 0 unspecified atom stereocenters. The van der Waals surface area contributed by atoms with Crippen molar-refractivity contribution >= 4 is 16.6 Å². The molecular weight excluding hydrogens is 324 g/mol. The first-order valence-corrected chi connectivity index (χ1v) is 7.59. The predicted molar refractivity (Wildman–Crippen MR) is 93.8 cm³/mol. The molecule has 3 rings (SSSR count). The molecule has 0 spiro atoms. The SMILES string of the molecule is COc1cc(Cn2ccc3ccc([N+](=O)[O-])cc32)cc(OC)c1OC. The van der Waals surface area contributed by atoms with Gasteiger partial charge < -0.3 is 18.8 Å². The van der Waals surface area contributed by atoms with Gasteiger partial charge in [0, 0.05) is 30.3 Å². The summed E-state index contributed by atoms with van der Waals surface area (Å²) in [6, 6.07) is 10.5. The van der Waals surface area contributed by atoms with E-state index in [1.165, 1.54) is 6.07 Å². The Morgan fingerprint density at radius 3 is 2.24 bits per heavy atom. The van der Waals surface area contributed by atoms with Crippen LogP contribution >= 0.6 is 0 Å². The van der Waals surface area contributed by atoms with E-state index in [0.29, 0.717) is 23.8 Å². The maximum atomic E-state index is 11.0. The molecule has 0 N–H and O–H groups in total. The fraction of sp³-hybridized carbons (Fsp3) is 0.222. The fourth-order valence-electron chi connectivity index (χ4n) is 2.85. The second-order valence-electron chi connectivity index (χ2n) is 5.48. The zero-order valence-corrected chi connectivity index (χ0v) is 14.2. The summed E-state index contributed by atoms with van der Waals surface area (Å²) in [5.41, 5.74) is 1.79. The van der Waals surface area contributed by atoms with Crippen LogP contribution in [0.25, 0.3) is 10.9 Å². The van der Waals surface area contributed by atoms with Gasteiger partial charge in [-0.05, 0) is 29.8 Å². The Labute approximate surface area is 144 Å². The van der Waals surface area contributed by atoms with Crippen molar-refractivity contribution in [2.24, 2.45) is 0 Å². The van der Waals surface area contributed by atoms with Crippen LogP contribution in [-0.4, -0.2) is 30.8 Å². The van der Waals surface area contributed by atoms with Gasteiger partial charge in [0.15, 0.2) is 11.5 Å². The molecule has 1 heterocycles. The Kier molecular flexibility index (Phi) is 4.47. The molecule has 2 aromatic carbocycles. The standard InChI is InChI=1S/C18H18N2O5/c1-23-16-8-12(9-17(24-2)18(16)25-3)11-19-7-6-13-4-5-14(20(21)22)10-15(13)19/h4-10H,11H2,1-3H3. The molecule has 0 fully saturated rings. The molecule has 0 amide bonds. The van der Waals surface area contributed by atoms with Gasteiger partial charge in [0.2, 0.25) is 5.75 Å². The topological polar surface area (TPSA) is 75.8 Å². The van der Waals surface area contributed by atoms with Gasteiger partial charge in [0.1, 0.15) is 0 Å². The molecule has 0 radical (unpaired) electrons. The third-order valence-corrected chi connectivity index (χ3v) is 4.05. The lowest BCUT2D eigenvalue weighted by atomic mass is 10.1. The Hall–Kier alpha value is -3.22. The van der Waals surface area contributed by atoms with Gasteiger partial charge in [0.25, 0.3) is 5.69 Å². The number of ether oxygens (including phenoxy) is 3. The van der Waals surface area contributed by atoms with Crippen LogP contribution in [0.2, 0.25) is 0 Å². The number of methoxy groups -OCH3 is 3. The van der Waals surface area contributed by atoms with E-state index in [-0.39, 0.29) is 5.69 Å².